The summed E-state index contributed by atoms with van der Waals surface area (Å²) < 4.78 is 0. The van der Waals surface area contributed by atoms with Crippen molar-refractivity contribution in [2.75, 3.05) is 0 Å². The van der Waals surface area contributed by atoms with E-state index >= 15 is 0 Å². The van der Waals surface area contributed by atoms with Crippen molar-refractivity contribution in [1.29, 1.82) is 0 Å². The molecule has 9 rings (SSSR count). The van der Waals surface area contributed by atoms with Crippen LogP contribution in [-0.4, -0.2) is 24.9 Å². The largest absolute Gasteiger partial charge is 0.228 e. The number of aromatic nitrogens is 5. The molecule has 58 heavy (non-hydrogen) atoms. The summed E-state index contributed by atoms with van der Waals surface area (Å²) in [5.74, 6) is 2.51. The van der Waals surface area contributed by atoms with Crippen molar-refractivity contribution in [2.45, 2.75) is 0 Å². The zero-order valence-corrected chi connectivity index (χ0v) is 31.7. The van der Waals surface area contributed by atoms with E-state index in [1.165, 1.54) is 0 Å². The van der Waals surface area contributed by atoms with Crippen LogP contribution in [0.4, 0.5) is 0 Å². The highest BCUT2D eigenvalue weighted by molar-refractivity contribution is 6.03. The van der Waals surface area contributed by atoms with Gasteiger partial charge in [0.1, 0.15) is 0 Å². The Hall–Kier alpha value is -7.89. The van der Waals surface area contributed by atoms with E-state index in [0.717, 1.165) is 77.8 Å². The van der Waals surface area contributed by atoms with Crippen molar-refractivity contribution in [1.82, 2.24) is 24.9 Å². The average molecular weight is 744 g/mol. The first-order chi connectivity index (χ1) is 28.6. The van der Waals surface area contributed by atoms with Crippen LogP contribution >= 0.6 is 0 Å². The lowest BCUT2D eigenvalue weighted by Crippen LogP contribution is -2.01. The van der Waals surface area contributed by atoms with Crippen LogP contribution in [0.1, 0.15) is 5.56 Å². The fraction of sp³-hybridized carbons (Fsp3) is 0. The number of hydrogen-bond acceptors (Lipinski definition) is 5. The molecule has 0 atom stereocenters. The summed E-state index contributed by atoms with van der Waals surface area (Å²) in [6.07, 6.45) is 5.55. The summed E-state index contributed by atoms with van der Waals surface area (Å²) in [7, 11) is 0. The fourth-order valence-corrected chi connectivity index (χ4v) is 7.20. The molecule has 0 saturated carbocycles. The van der Waals surface area contributed by atoms with E-state index in [-0.39, 0.29) is 0 Å². The zero-order chi connectivity index (χ0) is 39.3. The molecular formula is C53H37N5. The van der Waals surface area contributed by atoms with Crippen LogP contribution < -0.4 is 0 Å². The average Bonchev–Trinajstić information content (AvgIpc) is 3.31. The van der Waals surface area contributed by atoms with Gasteiger partial charge in [-0.1, -0.05) is 207 Å². The Morgan fingerprint density at radius 2 is 0.862 bits per heavy atom. The minimum absolute atomic E-state index is 0.614. The SMILES string of the molecule is C=C/C=C(\C=C)c1ccc(-c2nc(-c3ccccc3)cc(-c3ccc(-c4ccc5ccccc5c4-c4nc(-c5ccccc5)nc(-c5ccccc5)n4)cc3)n2)cc1. The quantitative estimate of drug-likeness (QED) is 0.131. The smallest absolute Gasteiger partial charge is 0.165 e. The molecule has 0 fully saturated rings. The van der Waals surface area contributed by atoms with E-state index in [9.17, 15) is 0 Å². The second-order valence-electron chi connectivity index (χ2n) is 13.8. The molecule has 0 amide bonds. The van der Waals surface area contributed by atoms with Gasteiger partial charge in [0, 0.05) is 33.4 Å². The van der Waals surface area contributed by atoms with Gasteiger partial charge in [-0.3, -0.25) is 0 Å². The Labute approximate surface area is 338 Å². The van der Waals surface area contributed by atoms with Crippen LogP contribution in [-0.2, 0) is 0 Å². The molecule has 0 aliphatic heterocycles. The summed E-state index contributed by atoms with van der Waals surface area (Å²) in [4.78, 5) is 25.4. The molecule has 2 heterocycles. The Balaban J connectivity index is 1.16. The van der Waals surface area contributed by atoms with Crippen molar-refractivity contribution in [3.63, 3.8) is 0 Å². The Kier molecular flexibility index (Phi) is 9.91. The van der Waals surface area contributed by atoms with E-state index in [1.807, 2.05) is 91.0 Å². The lowest BCUT2D eigenvalue weighted by atomic mass is 9.92. The fourth-order valence-electron chi connectivity index (χ4n) is 7.20. The minimum Gasteiger partial charge on any atom is -0.228 e. The molecule has 0 spiro atoms. The maximum atomic E-state index is 5.16. The summed E-state index contributed by atoms with van der Waals surface area (Å²) in [5, 5.41) is 2.17. The van der Waals surface area contributed by atoms with Gasteiger partial charge >= 0.3 is 0 Å². The molecule has 0 aliphatic carbocycles. The lowest BCUT2D eigenvalue weighted by Gasteiger charge is -2.15. The second-order valence-corrected chi connectivity index (χ2v) is 13.8. The monoisotopic (exact) mass is 743 g/mol. The molecule has 0 bridgehead atoms. The molecule has 0 aliphatic rings. The molecule has 0 unspecified atom stereocenters. The molecule has 0 radical (unpaired) electrons. The normalized spacial score (nSPS) is 11.3. The van der Waals surface area contributed by atoms with Gasteiger partial charge in [0.25, 0.3) is 0 Å². The van der Waals surface area contributed by atoms with Gasteiger partial charge in [-0.05, 0) is 39.1 Å². The molecular weight excluding hydrogens is 707 g/mol. The van der Waals surface area contributed by atoms with Gasteiger partial charge in [-0.25, -0.2) is 24.9 Å². The van der Waals surface area contributed by atoms with Crippen LogP contribution in [0.3, 0.4) is 0 Å². The molecule has 7 aromatic carbocycles. The predicted molar refractivity (Wildman–Crippen MR) is 239 cm³/mol. The van der Waals surface area contributed by atoms with Gasteiger partial charge < -0.3 is 0 Å². The van der Waals surface area contributed by atoms with Crippen LogP contribution in [0.5, 0.6) is 0 Å². The van der Waals surface area contributed by atoms with Crippen molar-refractivity contribution < 1.29 is 0 Å². The third-order valence-corrected chi connectivity index (χ3v) is 10.1. The Bertz CT molecular complexity index is 2880. The third kappa shape index (κ3) is 7.28. The Morgan fingerprint density at radius 3 is 1.45 bits per heavy atom. The number of fused-ring (bicyclic) bond motifs is 1. The maximum absolute atomic E-state index is 5.16. The molecule has 0 N–H and O–H groups in total. The van der Waals surface area contributed by atoms with Gasteiger partial charge in [0.05, 0.1) is 11.4 Å². The number of nitrogens with zero attached hydrogens (tertiary/aromatic N) is 5. The first-order valence-corrected chi connectivity index (χ1v) is 19.2. The zero-order valence-electron chi connectivity index (χ0n) is 31.7. The first-order valence-electron chi connectivity index (χ1n) is 19.2. The van der Waals surface area contributed by atoms with Crippen LogP contribution in [0.15, 0.2) is 213 Å². The number of benzene rings is 7. The van der Waals surface area contributed by atoms with E-state index in [2.05, 4.69) is 116 Å². The summed E-state index contributed by atoms with van der Waals surface area (Å²) in [5.41, 5.74) is 11.5. The van der Waals surface area contributed by atoms with Gasteiger partial charge in [0.2, 0.25) is 0 Å². The van der Waals surface area contributed by atoms with Crippen LogP contribution in [0, 0.1) is 0 Å². The molecule has 274 valence electrons. The molecule has 5 nitrogen and oxygen atoms in total. The molecule has 2 aromatic heterocycles. The second kappa shape index (κ2) is 16.1. The van der Waals surface area contributed by atoms with E-state index in [4.69, 9.17) is 24.9 Å². The van der Waals surface area contributed by atoms with E-state index in [1.54, 1.807) is 6.08 Å². The summed E-state index contributed by atoms with van der Waals surface area (Å²) in [6, 6.07) is 62.0. The highest BCUT2D eigenvalue weighted by Crippen LogP contribution is 2.39. The third-order valence-electron chi connectivity index (χ3n) is 10.1. The van der Waals surface area contributed by atoms with E-state index in [0.29, 0.717) is 23.3 Å². The number of allylic oxidation sites excluding steroid dienone is 4. The van der Waals surface area contributed by atoms with Crippen molar-refractivity contribution in [2.24, 2.45) is 0 Å². The number of rotatable bonds is 10. The van der Waals surface area contributed by atoms with Gasteiger partial charge in [-0.2, -0.15) is 0 Å². The highest BCUT2D eigenvalue weighted by atomic mass is 15.0. The number of hydrogen-bond donors (Lipinski definition) is 0. The topological polar surface area (TPSA) is 64.5 Å². The Morgan fingerprint density at radius 1 is 0.397 bits per heavy atom. The molecule has 9 aromatic rings. The van der Waals surface area contributed by atoms with Gasteiger partial charge in [0.15, 0.2) is 23.3 Å². The molecule has 5 heteroatoms. The van der Waals surface area contributed by atoms with Gasteiger partial charge in [-0.15, -0.1) is 0 Å². The molecule has 0 saturated heterocycles. The van der Waals surface area contributed by atoms with Crippen molar-refractivity contribution in [3.05, 3.63) is 219 Å². The van der Waals surface area contributed by atoms with E-state index < -0.39 is 0 Å². The van der Waals surface area contributed by atoms with Crippen LogP contribution in [0.25, 0.3) is 95.5 Å². The maximum Gasteiger partial charge on any atom is 0.165 e. The van der Waals surface area contributed by atoms with Crippen LogP contribution in [0.2, 0.25) is 0 Å². The minimum atomic E-state index is 0.614. The summed E-state index contributed by atoms with van der Waals surface area (Å²) >= 11 is 0. The van der Waals surface area contributed by atoms with Crippen molar-refractivity contribution >= 4 is 16.3 Å². The standard InChI is InChI=1S/C53H37N5/c1-3-16-36(4-2)37-25-31-44(32-26-37)50-54-47(40-18-8-5-9-19-40)35-48(55-50)41-29-27-39(28-30-41)46-34-33-38-17-14-15-24-45(38)49(46)53-57-51(42-20-10-6-11-21-42)56-52(58-53)43-22-12-7-13-23-43/h3-35H,1-2H2/b36-16+. The lowest BCUT2D eigenvalue weighted by molar-refractivity contribution is 1.08. The van der Waals surface area contributed by atoms with Crippen molar-refractivity contribution in [3.8, 4) is 79.2 Å². The summed E-state index contributed by atoms with van der Waals surface area (Å²) in [6.45, 7) is 7.81. The first kappa shape index (κ1) is 35.8. The predicted octanol–water partition coefficient (Wildman–Crippen LogP) is 13.2. The highest BCUT2D eigenvalue weighted by Gasteiger charge is 2.19.